The molecule has 25 heavy (non-hydrogen) atoms. The van der Waals surface area contributed by atoms with Crippen molar-refractivity contribution in [2.24, 2.45) is 5.92 Å². The van der Waals surface area contributed by atoms with E-state index in [1.165, 1.54) is 17.2 Å². The summed E-state index contributed by atoms with van der Waals surface area (Å²) in [7, 11) is 0. The molecule has 5 rings (SSSR count). The van der Waals surface area contributed by atoms with Crippen LogP contribution in [0.3, 0.4) is 0 Å². The number of nitrogens with zero attached hydrogens (tertiary/aromatic N) is 1. The van der Waals surface area contributed by atoms with Gasteiger partial charge in [0.15, 0.2) is 0 Å². The highest BCUT2D eigenvalue weighted by Crippen LogP contribution is 2.53. The lowest BCUT2D eigenvalue weighted by Crippen LogP contribution is -2.31. The van der Waals surface area contributed by atoms with Crippen molar-refractivity contribution < 1.29 is 8.78 Å². The topological polar surface area (TPSA) is 24.9 Å². The second-order valence-corrected chi connectivity index (χ2v) is 6.77. The maximum atomic E-state index is 14.5. The molecular formula is C21H16F2N2. The summed E-state index contributed by atoms with van der Waals surface area (Å²) in [5, 5.41) is 3.45. The van der Waals surface area contributed by atoms with E-state index in [2.05, 4.69) is 22.4 Å². The second-order valence-electron chi connectivity index (χ2n) is 6.77. The number of halogens is 2. The number of hydrogen-bond acceptors (Lipinski definition) is 2. The molecule has 1 aromatic heterocycles. The maximum absolute atomic E-state index is 14.5. The molecule has 0 unspecified atom stereocenters. The molecule has 124 valence electrons. The second kappa shape index (κ2) is 5.38. The Morgan fingerprint density at radius 1 is 0.960 bits per heavy atom. The number of pyridine rings is 1. The molecule has 0 spiro atoms. The minimum atomic E-state index is -0.551. The van der Waals surface area contributed by atoms with Gasteiger partial charge in [-0.15, -0.1) is 0 Å². The van der Waals surface area contributed by atoms with Crippen molar-refractivity contribution in [1.82, 2.24) is 4.98 Å². The number of anilines is 1. The predicted molar refractivity (Wildman–Crippen MR) is 92.4 cm³/mol. The largest absolute Gasteiger partial charge is 0.376 e. The fraction of sp³-hybridized carbons (Fsp3) is 0.190. The van der Waals surface area contributed by atoms with Crippen LogP contribution >= 0.6 is 0 Å². The summed E-state index contributed by atoms with van der Waals surface area (Å²) in [6.07, 6.45) is 2.66. The van der Waals surface area contributed by atoms with Crippen LogP contribution in [0.2, 0.25) is 0 Å². The van der Waals surface area contributed by atoms with E-state index in [1.54, 1.807) is 12.3 Å². The molecule has 2 heterocycles. The van der Waals surface area contributed by atoms with Crippen LogP contribution in [0.1, 0.15) is 34.3 Å². The van der Waals surface area contributed by atoms with Gasteiger partial charge in [-0.25, -0.2) is 8.78 Å². The average Bonchev–Trinajstić information content (AvgIpc) is 3.01. The molecule has 2 aromatic carbocycles. The molecule has 0 amide bonds. The van der Waals surface area contributed by atoms with Crippen LogP contribution in [0.4, 0.5) is 14.5 Å². The molecule has 2 nitrogen and oxygen atoms in total. The minimum Gasteiger partial charge on any atom is -0.376 e. The SMILES string of the molecule is Fc1ccc([C@H]2Nc3cccnc3[C@H]3c4ccccc4C[C@H]32)c(F)c1. The monoisotopic (exact) mass is 334 g/mol. The van der Waals surface area contributed by atoms with Gasteiger partial charge in [0.1, 0.15) is 11.6 Å². The third-order valence-electron chi connectivity index (χ3n) is 5.44. The first-order valence-corrected chi connectivity index (χ1v) is 8.46. The molecule has 0 saturated heterocycles. The van der Waals surface area contributed by atoms with Gasteiger partial charge in [-0.05, 0) is 41.7 Å². The van der Waals surface area contributed by atoms with Crippen molar-refractivity contribution in [3.8, 4) is 0 Å². The first-order chi connectivity index (χ1) is 12.2. The Morgan fingerprint density at radius 2 is 1.84 bits per heavy atom. The van der Waals surface area contributed by atoms with Gasteiger partial charge in [0.2, 0.25) is 0 Å². The van der Waals surface area contributed by atoms with Gasteiger partial charge >= 0.3 is 0 Å². The minimum absolute atomic E-state index is 0.128. The van der Waals surface area contributed by atoms with Crippen LogP contribution < -0.4 is 5.32 Å². The summed E-state index contributed by atoms with van der Waals surface area (Å²) in [5.41, 5.74) is 5.00. The first-order valence-electron chi connectivity index (χ1n) is 8.46. The summed E-state index contributed by atoms with van der Waals surface area (Å²) >= 11 is 0. The number of rotatable bonds is 1. The Kier molecular flexibility index (Phi) is 3.14. The standard InChI is InChI=1S/C21H16F2N2/c22-13-7-8-15(17(23)11-13)20-16-10-12-4-1-2-5-14(12)19(16)21-18(25-20)6-3-9-24-21/h1-9,11,16,19-20,25H,10H2/t16-,19+,20-/m1/s1. The van der Waals surface area contributed by atoms with E-state index in [0.717, 1.165) is 23.9 Å². The molecule has 0 bridgehead atoms. The van der Waals surface area contributed by atoms with Crippen molar-refractivity contribution in [3.63, 3.8) is 0 Å². The molecule has 1 aliphatic heterocycles. The predicted octanol–water partition coefficient (Wildman–Crippen LogP) is 4.83. The highest BCUT2D eigenvalue weighted by molar-refractivity contribution is 5.60. The maximum Gasteiger partial charge on any atom is 0.131 e. The van der Waals surface area contributed by atoms with E-state index in [1.807, 2.05) is 24.3 Å². The summed E-state index contributed by atoms with van der Waals surface area (Å²) in [4.78, 5) is 4.61. The van der Waals surface area contributed by atoms with E-state index < -0.39 is 11.6 Å². The van der Waals surface area contributed by atoms with Gasteiger partial charge in [0.05, 0.1) is 17.4 Å². The van der Waals surface area contributed by atoms with Gasteiger partial charge in [0, 0.05) is 23.7 Å². The zero-order valence-electron chi connectivity index (χ0n) is 13.4. The van der Waals surface area contributed by atoms with Crippen LogP contribution in [0, 0.1) is 17.6 Å². The lowest BCUT2D eigenvalue weighted by atomic mass is 9.77. The number of hydrogen-bond donors (Lipinski definition) is 1. The van der Waals surface area contributed by atoms with Gasteiger partial charge in [-0.3, -0.25) is 4.98 Å². The quantitative estimate of drug-likeness (QED) is 0.689. The lowest BCUT2D eigenvalue weighted by Gasteiger charge is -2.37. The van der Waals surface area contributed by atoms with Crippen molar-refractivity contribution in [2.45, 2.75) is 18.4 Å². The Labute approximate surface area is 144 Å². The zero-order chi connectivity index (χ0) is 17.0. The number of nitrogens with one attached hydrogen (secondary N) is 1. The fourth-order valence-electron chi connectivity index (χ4n) is 4.41. The highest BCUT2D eigenvalue weighted by Gasteiger charge is 2.44. The average molecular weight is 334 g/mol. The Morgan fingerprint density at radius 3 is 2.72 bits per heavy atom. The molecule has 3 atom stereocenters. The van der Waals surface area contributed by atoms with Crippen LogP contribution in [0.15, 0.2) is 60.8 Å². The van der Waals surface area contributed by atoms with Crippen LogP contribution in [-0.4, -0.2) is 4.98 Å². The van der Waals surface area contributed by atoms with Crippen LogP contribution in [0.5, 0.6) is 0 Å². The molecule has 1 N–H and O–H groups in total. The molecule has 0 fully saturated rings. The highest BCUT2D eigenvalue weighted by atomic mass is 19.1. The van der Waals surface area contributed by atoms with Crippen molar-refractivity contribution in [2.75, 3.05) is 5.32 Å². The van der Waals surface area contributed by atoms with E-state index in [-0.39, 0.29) is 17.9 Å². The van der Waals surface area contributed by atoms with Gasteiger partial charge < -0.3 is 5.32 Å². The molecule has 3 aromatic rings. The van der Waals surface area contributed by atoms with Gasteiger partial charge in [0.25, 0.3) is 0 Å². The molecule has 1 aliphatic carbocycles. The summed E-state index contributed by atoms with van der Waals surface area (Å²) in [6.45, 7) is 0. The van der Waals surface area contributed by atoms with E-state index in [9.17, 15) is 8.78 Å². The Hall–Kier alpha value is -2.75. The van der Waals surface area contributed by atoms with E-state index in [4.69, 9.17) is 0 Å². The molecule has 4 heteroatoms. The summed E-state index contributed by atoms with van der Waals surface area (Å²) < 4.78 is 27.9. The van der Waals surface area contributed by atoms with Gasteiger partial charge in [-0.2, -0.15) is 0 Å². The van der Waals surface area contributed by atoms with Crippen molar-refractivity contribution in [3.05, 3.63) is 94.8 Å². The summed E-state index contributed by atoms with van der Waals surface area (Å²) in [6, 6.07) is 15.9. The van der Waals surface area contributed by atoms with Gasteiger partial charge in [-0.1, -0.05) is 30.3 Å². The number of benzene rings is 2. The Bertz CT molecular complexity index is 970. The third-order valence-corrected chi connectivity index (χ3v) is 5.44. The molecular weight excluding hydrogens is 318 g/mol. The zero-order valence-corrected chi connectivity index (χ0v) is 13.4. The normalized spacial score (nSPS) is 23.4. The van der Waals surface area contributed by atoms with E-state index >= 15 is 0 Å². The third kappa shape index (κ3) is 2.17. The first kappa shape index (κ1) is 14.6. The smallest absolute Gasteiger partial charge is 0.131 e. The number of fused-ring (bicyclic) bond motifs is 5. The fourth-order valence-corrected chi connectivity index (χ4v) is 4.41. The van der Waals surface area contributed by atoms with Crippen LogP contribution in [0.25, 0.3) is 0 Å². The molecule has 2 aliphatic rings. The van der Waals surface area contributed by atoms with E-state index in [0.29, 0.717) is 5.56 Å². The lowest BCUT2D eigenvalue weighted by molar-refractivity contribution is 0.402. The molecule has 0 radical (unpaired) electrons. The van der Waals surface area contributed by atoms with Crippen molar-refractivity contribution in [1.29, 1.82) is 0 Å². The summed E-state index contributed by atoms with van der Waals surface area (Å²) in [5.74, 6) is -0.771. The molecule has 0 saturated carbocycles. The van der Waals surface area contributed by atoms with Crippen LogP contribution in [-0.2, 0) is 6.42 Å². The van der Waals surface area contributed by atoms with Crippen molar-refractivity contribution >= 4 is 5.69 Å². The Balaban J connectivity index is 1.69. The number of aromatic nitrogens is 1.